The third-order valence-corrected chi connectivity index (χ3v) is 2.98. The van der Waals surface area contributed by atoms with Gasteiger partial charge in [-0.15, -0.1) is 18.3 Å². The van der Waals surface area contributed by atoms with Crippen molar-refractivity contribution < 1.29 is 4.39 Å². The Morgan fingerprint density at radius 3 is 2.73 bits per heavy atom. The molecular weight excluding hydrogens is 209 g/mol. The van der Waals surface area contributed by atoms with Crippen LogP contribution in [0.3, 0.4) is 0 Å². The quantitative estimate of drug-likeness (QED) is 0.453. The molecule has 0 saturated heterocycles. The summed E-state index contributed by atoms with van der Waals surface area (Å²) in [7, 11) is 0. The van der Waals surface area contributed by atoms with E-state index < -0.39 is 0 Å². The number of halogens is 1. The molecule has 1 rings (SSSR count). The lowest BCUT2D eigenvalue weighted by Crippen LogP contribution is -2.22. The SMILES string of the molecule is C=CCNCC(C)Sc1ccc(F)cc1. The molecule has 3 heteroatoms. The summed E-state index contributed by atoms with van der Waals surface area (Å²) >= 11 is 1.74. The van der Waals surface area contributed by atoms with Crippen LogP contribution in [0.15, 0.2) is 41.8 Å². The van der Waals surface area contributed by atoms with Crippen LogP contribution in [0, 0.1) is 5.82 Å². The molecule has 0 heterocycles. The largest absolute Gasteiger partial charge is 0.312 e. The van der Waals surface area contributed by atoms with Gasteiger partial charge < -0.3 is 5.32 Å². The average molecular weight is 225 g/mol. The molecule has 0 spiro atoms. The summed E-state index contributed by atoms with van der Waals surface area (Å²) in [5.41, 5.74) is 0. The second-order valence-electron chi connectivity index (χ2n) is 3.33. The Morgan fingerprint density at radius 2 is 2.13 bits per heavy atom. The second kappa shape index (κ2) is 6.64. The Balaban J connectivity index is 2.34. The van der Waals surface area contributed by atoms with Crippen molar-refractivity contribution in [1.82, 2.24) is 5.32 Å². The molecule has 0 aliphatic carbocycles. The Morgan fingerprint density at radius 1 is 1.47 bits per heavy atom. The van der Waals surface area contributed by atoms with Gasteiger partial charge in [-0.25, -0.2) is 4.39 Å². The van der Waals surface area contributed by atoms with Gasteiger partial charge in [-0.1, -0.05) is 13.0 Å². The highest BCUT2D eigenvalue weighted by molar-refractivity contribution is 8.00. The lowest BCUT2D eigenvalue weighted by Gasteiger charge is -2.11. The van der Waals surface area contributed by atoms with Crippen LogP contribution in [0.2, 0.25) is 0 Å². The van der Waals surface area contributed by atoms with Crippen LogP contribution in [0.1, 0.15) is 6.92 Å². The summed E-state index contributed by atoms with van der Waals surface area (Å²) in [5, 5.41) is 3.72. The van der Waals surface area contributed by atoms with Crippen molar-refractivity contribution >= 4 is 11.8 Å². The summed E-state index contributed by atoms with van der Waals surface area (Å²) in [6, 6.07) is 6.60. The van der Waals surface area contributed by atoms with Gasteiger partial charge in [0, 0.05) is 23.2 Å². The predicted octanol–water partition coefficient (Wildman–Crippen LogP) is 3.08. The Hall–Kier alpha value is -0.800. The van der Waals surface area contributed by atoms with Crippen LogP contribution in [-0.2, 0) is 0 Å². The maximum absolute atomic E-state index is 12.6. The molecule has 0 aromatic heterocycles. The van der Waals surface area contributed by atoms with Crippen LogP contribution in [0.4, 0.5) is 4.39 Å². The van der Waals surface area contributed by atoms with E-state index in [1.807, 2.05) is 18.2 Å². The van der Waals surface area contributed by atoms with E-state index >= 15 is 0 Å². The number of rotatable bonds is 6. The van der Waals surface area contributed by atoms with Gasteiger partial charge in [0.05, 0.1) is 0 Å². The summed E-state index contributed by atoms with van der Waals surface area (Å²) in [6.45, 7) is 7.54. The minimum absolute atomic E-state index is 0.184. The highest BCUT2D eigenvalue weighted by Gasteiger charge is 2.03. The summed E-state index contributed by atoms with van der Waals surface area (Å²) in [4.78, 5) is 1.10. The van der Waals surface area contributed by atoms with E-state index in [-0.39, 0.29) is 5.82 Å². The van der Waals surface area contributed by atoms with Crippen LogP contribution < -0.4 is 5.32 Å². The maximum atomic E-state index is 12.6. The van der Waals surface area contributed by atoms with Crippen molar-refractivity contribution in [2.45, 2.75) is 17.1 Å². The summed E-state index contributed by atoms with van der Waals surface area (Å²) < 4.78 is 12.6. The molecule has 0 saturated carbocycles. The fourth-order valence-corrected chi connectivity index (χ4v) is 2.13. The van der Waals surface area contributed by atoms with Crippen molar-refractivity contribution in [3.63, 3.8) is 0 Å². The lowest BCUT2D eigenvalue weighted by atomic mass is 10.3. The molecule has 1 unspecified atom stereocenters. The standard InChI is InChI=1S/C12H16FNS/c1-3-8-14-9-10(2)15-12-6-4-11(13)5-7-12/h3-7,10,14H,1,8-9H2,2H3. The first-order chi connectivity index (χ1) is 7.22. The highest BCUT2D eigenvalue weighted by Crippen LogP contribution is 2.22. The van der Waals surface area contributed by atoms with Crippen LogP contribution in [0.5, 0.6) is 0 Å². The molecule has 0 fully saturated rings. The monoisotopic (exact) mass is 225 g/mol. The van der Waals surface area contributed by atoms with E-state index in [9.17, 15) is 4.39 Å². The topological polar surface area (TPSA) is 12.0 Å². The summed E-state index contributed by atoms with van der Waals surface area (Å²) in [5.74, 6) is -0.184. The molecular formula is C12H16FNS. The fraction of sp³-hybridized carbons (Fsp3) is 0.333. The number of hydrogen-bond donors (Lipinski definition) is 1. The van der Waals surface area contributed by atoms with Gasteiger partial charge in [-0.2, -0.15) is 0 Å². The van der Waals surface area contributed by atoms with Gasteiger partial charge in [0.2, 0.25) is 0 Å². The highest BCUT2D eigenvalue weighted by atomic mass is 32.2. The molecule has 1 aromatic rings. The molecule has 82 valence electrons. The van der Waals surface area contributed by atoms with Gasteiger partial charge >= 0.3 is 0 Å². The van der Waals surface area contributed by atoms with Gasteiger partial charge in [0.15, 0.2) is 0 Å². The number of thioether (sulfide) groups is 1. The van der Waals surface area contributed by atoms with Crippen molar-refractivity contribution in [1.29, 1.82) is 0 Å². The minimum Gasteiger partial charge on any atom is -0.312 e. The first-order valence-electron chi connectivity index (χ1n) is 4.96. The molecule has 0 bridgehead atoms. The second-order valence-corrected chi connectivity index (χ2v) is 4.84. The van der Waals surface area contributed by atoms with Crippen molar-refractivity contribution in [3.8, 4) is 0 Å². The molecule has 0 aliphatic heterocycles. The van der Waals surface area contributed by atoms with Crippen molar-refractivity contribution in [3.05, 3.63) is 42.7 Å². The van der Waals surface area contributed by atoms with Crippen molar-refractivity contribution in [2.75, 3.05) is 13.1 Å². The van der Waals surface area contributed by atoms with E-state index in [0.29, 0.717) is 5.25 Å². The van der Waals surface area contributed by atoms with E-state index in [1.54, 1.807) is 11.8 Å². The van der Waals surface area contributed by atoms with E-state index in [2.05, 4.69) is 18.8 Å². The number of hydrogen-bond acceptors (Lipinski definition) is 2. The number of benzene rings is 1. The van der Waals surface area contributed by atoms with Crippen LogP contribution in [-0.4, -0.2) is 18.3 Å². The molecule has 1 atom stereocenters. The average Bonchev–Trinajstić information content (AvgIpc) is 2.22. The Bertz CT molecular complexity index is 297. The molecule has 0 radical (unpaired) electrons. The van der Waals surface area contributed by atoms with E-state index in [4.69, 9.17) is 0 Å². The minimum atomic E-state index is -0.184. The van der Waals surface area contributed by atoms with Crippen LogP contribution >= 0.6 is 11.8 Å². The molecule has 0 amide bonds. The lowest BCUT2D eigenvalue weighted by molar-refractivity contribution is 0.626. The first kappa shape index (κ1) is 12.3. The zero-order valence-corrected chi connectivity index (χ0v) is 9.69. The molecule has 1 aromatic carbocycles. The van der Waals surface area contributed by atoms with E-state index in [0.717, 1.165) is 18.0 Å². The van der Waals surface area contributed by atoms with Gasteiger partial charge in [0.1, 0.15) is 5.82 Å². The molecule has 1 nitrogen and oxygen atoms in total. The van der Waals surface area contributed by atoms with Gasteiger partial charge in [0.25, 0.3) is 0 Å². The fourth-order valence-electron chi connectivity index (χ4n) is 1.18. The van der Waals surface area contributed by atoms with Gasteiger partial charge in [-0.3, -0.25) is 0 Å². The first-order valence-corrected chi connectivity index (χ1v) is 5.84. The predicted molar refractivity (Wildman–Crippen MR) is 64.8 cm³/mol. The zero-order valence-electron chi connectivity index (χ0n) is 8.87. The zero-order chi connectivity index (χ0) is 11.1. The van der Waals surface area contributed by atoms with Crippen LogP contribution in [0.25, 0.3) is 0 Å². The molecule has 0 aliphatic rings. The molecule has 15 heavy (non-hydrogen) atoms. The van der Waals surface area contributed by atoms with Gasteiger partial charge in [-0.05, 0) is 24.3 Å². The van der Waals surface area contributed by atoms with E-state index in [1.165, 1.54) is 12.1 Å². The Labute approximate surface area is 94.8 Å². The smallest absolute Gasteiger partial charge is 0.123 e. The molecule has 1 N–H and O–H groups in total. The van der Waals surface area contributed by atoms with Crippen molar-refractivity contribution in [2.24, 2.45) is 0 Å². The summed E-state index contributed by atoms with van der Waals surface area (Å²) in [6.07, 6.45) is 1.84. The normalized spacial score (nSPS) is 12.4. The Kier molecular flexibility index (Phi) is 5.43. The third-order valence-electron chi connectivity index (χ3n) is 1.87. The number of nitrogens with one attached hydrogen (secondary N) is 1. The maximum Gasteiger partial charge on any atom is 0.123 e. The third kappa shape index (κ3) is 5.00.